The number of benzene rings is 2. The van der Waals surface area contributed by atoms with Gasteiger partial charge in [0, 0.05) is 21.7 Å². The fraction of sp³-hybridized carbons (Fsp3) is 0.200. The maximum atomic E-state index is 10.7. The molecule has 19 heavy (non-hydrogen) atoms. The van der Waals surface area contributed by atoms with Crippen molar-refractivity contribution in [2.75, 3.05) is 12.3 Å². The second-order valence-electron chi connectivity index (χ2n) is 4.32. The molecule has 4 heteroatoms. The summed E-state index contributed by atoms with van der Waals surface area (Å²) < 4.78 is 1.03. The molecule has 0 aliphatic carbocycles. The highest BCUT2D eigenvalue weighted by atomic mass is 79.9. The van der Waals surface area contributed by atoms with E-state index in [0.29, 0.717) is 5.75 Å². The quantitative estimate of drug-likeness (QED) is 0.822. The summed E-state index contributed by atoms with van der Waals surface area (Å²) in [5, 5.41) is 10.7. The van der Waals surface area contributed by atoms with Gasteiger partial charge in [0.15, 0.2) is 0 Å². The van der Waals surface area contributed by atoms with E-state index in [4.69, 9.17) is 5.73 Å². The summed E-state index contributed by atoms with van der Waals surface area (Å²) in [5.74, 6) is 0.524. The average Bonchev–Trinajstić information content (AvgIpc) is 2.47. The highest BCUT2D eigenvalue weighted by Crippen LogP contribution is 2.32. The number of hydrogen-bond acceptors (Lipinski definition) is 3. The summed E-state index contributed by atoms with van der Waals surface area (Å²) in [6, 6.07) is 17.6. The third-order valence-corrected chi connectivity index (χ3v) is 5.19. The van der Waals surface area contributed by atoms with Crippen molar-refractivity contribution in [3.63, 3.8) is 0 Å². The molecular weight excluding hydrogens is 322 g/mol. The molecule has 100 valence electrons. The molecule has 2 aromatic rings. The van der Waals surface area contributed by atoms with Gasteiger partial charge in [0.2, 0.25) is 0 Å². The maximum absolute atomic E-state index is 10.7. The first-order valence-corrected chi connectivity index (χ1v) is 7.79. The van der Waals surface area contributed by atoms with Crippen molar-refractivity contribution in [1.29, 1.82) is 0 Å². The van der Waals surface area contributed by atoms with Crippen LogP contribution in [0.3, 0.4) is 0 Å². The first-order chi connectivity index (χ1) is 9.15. The summed E-state index contributed by atoms with van der Waals surface area (Å²) in [6.07, 6.45) is 0. The summed E-state index contributed by atoms with van der Waals surface area (Å²) >= 11 is 5.10. The third-order valence-electron chi connectivity index (χ3n) is 2.95. The Bertz CT molecular complexity index is 535. The lowest BCUT2D eigenvalue weighted by Crippen LogP contribution is -2.37. The van der Waals surface area contributed by atoms with Crippen LogP contribution in [0, 0.1) is 0 Å². The zero-order valence-electron chi connectivity index (χ0n) is 10.4. The Morgan fingerprint density at radius 1 is 1.05 bits per heavy atom. The molecule has 0 spiro atoms. The van der Waals surface area contributed by atoms with Crippen molar-refractivity contribution in [1.82, 2.24) is 0 Å². The number of rotatable bonds is 5. The van der Waals surface area contributed by atoms with Crippen molar-refractivity contribution in [3.8, 4) is 0 Å². The number of hydrogen-bond donors (Lipinski definition) is 2. The number of aliphatic hydroxyl groups is 1. The lowest BCUT2D eigenvalue weighted by molar-refractivity contribution is 0.0721. The summed E-state index contributed by atoms with van der Waals surface area (Å²) in [5.41, 5.74) is 5.63. The van der Waals surface area contributed by atoms with E-state index in [1.54, 1.807) is 11.8 Å². The second-order valence-corrected chi connectivity index (χ2v) is 6.19. The molecule has 1 atom stereocenters. The van der Waals surface area contributed by atoms with Gasteiger partial charge in [0.25, 0.3) is 0 Å². The minimum Gasteiger partial charge on any atom is -0.383 e. The minimum absolute atomic E-state index is 0.203. The molecule has 2 aromatic carbocycles. The summed E-state index contributed by atoms with van der Waals surface area (Å²) in [6.45, 7) is 0.203. The van der Waals surface area contributed by atoms with Crippen LogP contribution in [0.1, 0.15) is 5.56 Å². The molecule has 2 rings (SSSR count). The molecule has 2 nitrogen and oxygen atoms in total. The average molecular weight is 338 g/mol. The standard InChI is InChI=1S/C15H16BrNOS/c16-13-8-4-5-9-14(13)19-11-15(18,10-17)12-6-2-1-3-7-12/h1-9,18H,10-11,17H2. The Morgan fingerprint density at radius 3 is 2.32 bits per heavy atom. The van der Waals surface area contributed by atoms with Gasteiger partial charge in [-0.05, 0) is 33.6 Å². The monoisotopic (exact) mass is 337 g/mol. The Balaban J connectivity index is 2.14. The zero-order valence-corrected chi connectivity index (χ0v) is 12.8. The van der Waals surface area contributed by atoms with Crippen LogP contribution < -0.4 is 5.73 Å². The lowest BCUT2D eigenvalue weighted by Gasteiger charge is -2.26. The highest BCUT2D eigenvalue weighted by Gasteiger charge is 2.27. The van der Waals surface area contributed by atoms with E-state index >= 15 is 0 Å². The van der Waals surface area contributed by atoms with Crippen LogP contribution in [0.5, 0.6) is 0 Å². The van der Waals surface area contributed by atoms with Gasteiger partial charge in [-0.2, -0.15) is 0 Å². The number of thioether (sulfide) groups is 1. The van der Waals surface area contributed by atoms with Crippen LogP contribution in [-0.4, -0.2) is 17.4 Å². The molecule has 3 N–H and O–H groups in total. The largest absolute Gasteiger partial charge is 0.383 e. The summed E-state index contributed by atoms with van der Waals surface area (Å²) in [4.78, 5) is 1.10. The topological polar surface area (TPSA) is 46.2 Å². The molecule has 0 saturated carbocycles. The van der Waals surface area contributed by atoms with Gasteiger partial charge in [-0.3, -0.25) is 0 Å². The lowest BCUT2D eigenvalue weighted by atomic mass is 9.96. The predicted octanol–water partition coefficient (Wildman–Crippen LogP) is 3.39. The van der Waals surface area contributed by atoms with Crippen molar-refractivity contribution < 1.29 is 5.11 Å². The first kappa shape index (κ1) is 14.6. The molecule has 0 fully saturated rings. The first-order valence-electron chi connectivity index (χ1n) is 6.01. The van der Waals surface area contributed by atoms with Crippen LogP contribution >= 0.6 is 27.7 Å². The molecule has 0 heterocycles. The smallest absolute Gasteiger partial charge is 0.111 e. The molecule has 0 saturated heterocycles. The van der Waals surface area contributed by atoms with E-state index in [1.807, 2.05) is 54.6 Å². The Labute approximate surface area is 126 Å². The van der Waals surface area contributed by atoms with Crippen molar-refractivity contribution >= 4 is 27.7 Å². The van der Waals surface area contributed by atoms with Gasteiger partial charge < -0.3 is 10.8 Å². The van der Waals surface area contributed by atoms with Gasteiger partial charge in [0.1, 0.15) is 5.60 Å². The van der Waals surface area contributed by atoms with Crippen molar-refractivity contribution in [2.45, 2.75) is 10.5 Å². The maximum Gasteiger partial charge on any atom is 0.111 e. The minimum atomic E-state index is -0.999. The SMILES string of the molecule is NCC(O)(CSc1ccccc1Br)c1ccccc1. The molecule has 0 amide bonds. The van der Waals surface area contributed by atoms with E-state index in [2.05, 4.69) is 15.9 Å². The molecular formula is C15H16BrNOS. The van der Waals surface area contributed by atoms with Crippen LogP contribution in [0.15, 0.2) is 64.0 Å². The molecule has 0 radical (unpaired) electrons. The fourth-order valence-corrected chi connectivity index (χ4v) is 3.46. The van der Waals surface area contributed by atoms with Gasteiger partial charge >= 0.3 is 0 Å². The van der Waals surface area contributed by atoms with Gasteiger partial charge in [-0.15, -0.1) is 11.8 Å². The van der Waals surface area contributed by atoms with E-state index in [-0.39, 0.29) is 6.54 Å². The van der Waals surface area contributed by atoms with Crippen LogP contribution in [0.25, 0.3) is 0 Å². The van der Waals surface area contributed by atoms with Crippen LogP contribution in [0.4, 0.5) is 0 Å². The fourth-order valence-electron chi connectivity index (χ4n) is 1.77. The molecule has 0 bridgehead atoms. The Hall–Kier alpha value is -0.810. The van der Waals surface area contributed by atoms with Crippen LogP contribution in [-0.2, 0) is 5.60 Å². The number of nitrogens with two attached hydrogens (primary N) is 1. The molecule has 1 unspecified atom stereocenters. The Kier molecular flexibility index (Phi) is 5.05. The normalized spacial score (nSPS) is 14.1. The van der Waals surface area contributed by atoms with Gasteiger partial charge in [-0.1, -0.05) is 42.5 Å². The predicted molar refractivity (Wildman–Crippen MR) is 84.3 cm³/mol. The summed E-state index contributed by atoms with van der Waals surface area (Å²) in [7, 11) is 0. The van der Waals surface area contributed by atoms with E-state index in [0.717, 1.165) is 14.9 Å². The van der Waals surface area contributed by atoms with Crippen LogP contribution in [0.2, 0.25) is 0 Å². The van der Waals surface area contributed by atoms with E-state index in [9.17, 15) is 5.11 Å². The molecule has 0 aliphatic rings. The second kappa shape index (κ2) is 6.57. The van der Waals surface area contributed by atoms with Gasteiger partial charge in [-0.25, -0.2) is 0 Å². The molecule has 0 aromatic heterocycles. The van der Waals surface area contributed by atoms with E-state index < -0.39 is 5.60 Å². The molecule has 0 aliphatic heterocycles. The Morgan fingerprint density at radius 2 is 1.68 bits per heavy atom. The van der Waals surface area contributed by atoms with E-state index in [1.165, 1.54) is 0 Å². The number of halogens is 1. The van der Waals surface area contributed by atoms with Gasteiger partial charge in [0.05, 0.1) is 0 Å². The van der Waals surface area contributed by atoms with Crippen molar-refractivity contribution in [3.05, 3.63) is 64.6 Å². The zero-order chi connectivity index (χ0) is 13.7. The third kappa shape index (κ3) is 3.60. The van der Waals surface area contributed by atoms with Crippen molar-refractivity contribution in [2.24, 2.45) is 5.73 Å². The highest BCUT2D eigenvalue weighted by molar-refractivity contribution is 9.10.